The number of methoxy groups -OCH3 is 2. The largest absolute Gasteiger partial charge is 0.497 e. The third-order valence-electron chi connectivity index (χ3n) is 3.19. The van der Waals surface area contributed by atoms with E-state index in [1.54, 1.807) is 32.4 Å². The van der Waals surface area contributed by atoms with Crippen molar-refractivity contribution in [3.8, 4) is 11.5 Å². The highest BCUT2D eigenvalue weighted by atomic mass is 79.9. The Bertz CT molecular complexity index is 637. The van der Waals surface area contributed by atoms with Gasteiger partial charge in [-0.2, -0.15) is 0 Å². The van der Waals surface area contributed by atoms with Crippen LogP contribution < -0.4 is 20.7 Å². The van der Waals surface area contributed by atoms with Gasteiger partial charge in [-0.15, -0.1) is 0 Å². The fraction of sp³-hybridized carbons (Fsp3) is 0.200. The molecule has 0 fully saturated rings. The second-order valence-electron chi connectivity index (χ2n) is 4.37. The van der Waals surface area contributed by atoms with Gasteiger partial charge in [-0.3, -0.25) is 5.84 Å². The molecule has 0 aromatic heterocycles. The number of hydrogen-bond donors (Lipinski definition) is 2. The molecule has 4 nitrogen and oxygen atoms in total. The number of rotatable bonds is 5. The predicted molar refractivity (Wildman–Crippen MR) is 82.8 cm³/mol. The standard InChI is InChI=1S/C15H16BrFN2O2/c1-20-10-4-5-11(14(8-10)21-2)15(19-18)12-7-9(17)3-6-13(12)16/h3-8,15,19H,18H2,1-2H3. The normalized spacial score (nSPS) is 12.0. The van der Waals surface area contributed by atoms with Gasteiger partial charge in [-0.25, -0.2) is 9.82 Å². The summed E-state index contributed by atoms with van der Waals surface area (Å²) in [7, 11) is 3.14. The highest BCUT2D eigenvalue weighted by molar-refractivity contribution is 9.10. The summed E-state index contributed by atoms with van der Waals surface area (Å²) in [5, 5.41) is 0. The second kappa shape index (κ2) is 6.89. The lowest BCUT2D eigenvalue weighted by molar-refractivity contribution is 0.387. The maximum absolute atomic E-state index is 13.5. The Morgan fingerprint density at radius 1 is 1.10 bits per heavy atom. The summed E-state index contributed by atoms with van der Waals surface area (Å²) in [6, 6.07) is 9.42. The van der Waals surface area contributed by atoms with E-state index in [2.05, 4.69) is 21.4 Å². The zero-order valence-electron chi connectivity index (χ0n) is 11.7. The lowest BCUT2D eigenvalue weighted by Gasteiger charge is -2.21. The van der Waals surface area contributed by atoms with E-state index in [1.807, 2.05) is 6.07 Å². The molecule has 0 radical (unpaired) electrons. The predicted octanol–water partition coefficient (Wildman–Crippen LogP) is 3.16. The molecule has 1 atom stereocenters. The van der Waals surface area contributed by atoms with Crippen molar-refractivity contribution < 1.29 is 13.9 Å². The van der Waals surface area contributed by atoms with E-state index in [0.29, 0.717) is 17.1 Å². The van der Waals surface area contributed by atoms with Crippen LogP contribution in [0.15, 0.2) is 40.9 Å². The lowest BCUT2D eigenvalue weighted by atomic mass is 9.98. The molecule has 2 aromatic rings. The van der Waals surface area contributed by atoms with Crippen LogP contribution in [0.3, 0.4) is 0 Å². The number of hydrazine groups is 1. The van der Waals surface area contributed by atoms with E-state index >= 15 is 0 Å². The first-order valence-corrected chi connectivity index (χ1v) is 7.03. The summed E-state index contributed by atoms with van der Waals surface area (Å²) in [4.78, 5) is 0. The molecule has 0 amide bonds. The number of ether oxygens (including phenoxy) is 2. The fourth-order valence-electron chi connectivity index (χ4n) is 2.14. The Balaban J connectivity index is 2.53. The number of halogens is 2. The van der Waals surface area contributed by atoms with Gasteiger partial charge in [-0.1, -0.05) is 15.9 Å². The summed E-state index contributed by atoms with van der Waals surface area (Å²) in [6.07, 6.45) is 0. The molecule has 21 heavy (non-hydrogen) atoms. The van der Waals surface area contributed by atoms with Crippen LogP contribution in [0.1, 0.15) is 17.2 Å². The van der Waals surface area contributed by atoms with Crippen molar-refractivity contribution in [1.82, 2.24) is 5.43 Å². The minimum Gasteiger partial charge on any atom is -0.497 e. The Hall–Kier alpha value is -1.63. The average Bonchev–Trinajstić information content (AvgIpc) is 2.51. The van der Waals surface area contributed by atoms with Crippen molar-refractivity contribution >= 4 is 15.9 Å². The summed E-state index contributed by atoms with van der Waals surface area (Å²) in [6.45, 7) is 0. The highest BCUT2D eigenvalue weighted by Gasteiger charge is 2.20. The van der Waals surface area contributed by atoms with Gasteiger partial charge in [0.2, 0.25) is 0 Å². The van der Waals surface area contributed by atoms with Crippen molar-refractivity contribution in [3.05, 3.63) is 57.8 Å². The van der Waals surface area contributed by atoms with E-state index in [9.17, 15) is 4.39 Å². The third kappa shape index (κ3) is 3.34. The molecule has 1 unspecified atom stereocenters. The molecule has 0 spiro atoms. The van der Waals surface area contributed by atoms with Gasteiger partial charge in [-0.05, 0) is 35.9 Å². The Kier molecular flexibility index (Phi) is 5.17. The first-order chi connectivity index (χ1) is 10.1. The lowest BCUT2D eigenvalue weighted by Crippen LogP contribution is -2.29. The molecule has 0 saturated heterocycles. The van der Waals surface area contributed by atoms with E-state index in [1.165, 1.54) is 12.1 Å². The zero-order valence-corrected chi connectivity index (χ0v) is 13.3. The molecule has 0 heterocycles. The zero-order chi connectivity index (χ0) is 15.4. The summed E-state index contributed by atoms with van der Waals surface area (Å²) in [5.74, 6) is 6.61. The van der Waals surface area contributed by atoms with Crippen LogP contribution in [-0.2, 0) is 0 Å². The molecule has 2 aromatic carbocycles. The molecule has 112 valence electrons. The molecule has 0 saturated carbocycles. The van der Waals surface area contributed by atoms with E-state index in [-0.39, 0.29) is 5.82 Å². The topological polar surface area (TPSA) is 56.5 Å². The monoisotopic (exact) mass is 354 g/mol. The Labute approximate surface area is 131 Å². The quantitative estimate of drug-likeness (QED) is 0.639. The van der Waals surface area contributed by atoms with Crippen molar-refractivity contribution in [2.24, 2.45) is 5.84 Å². The first-order valence-electron chi connectivity index (χ1n) is 6.23. The SMILES string of the molecule is COc1ccc(C(NN)c2cc(F)ccc2Br)c(OC)c1. The van der Waals surface area contributed by atoms with Crippen LogP contribution in [0.2, 0.25) is 0 Å². The van der Waals surface area contributed by atoms with Crippen molar-refractivity contribution in [2.45, 2.75) is 6.04 Å². The first kappa shape index (κ1) is 15.8. The van der Waals surface area contributed by atoms with Gasteiger partial charge in [0.15, 0.2) is 0 Å². The highest BCUT2D eigenvalue weighted by Crippen LogP contribution is 2.35. The fourth-order valence-corrected chi connectivity index (χ4v) is 2.62. The average molecular weight is 355 g/mol. The second-order valence-corrected chi connectivity index (χ2v) is 5.23. The summed E-state index contributed by atoms with van der Waals surface area (Å²) in [5.41, 5.74) is 4.16. The Morgan fingerprint density at radius 2 is 1.86 bits per heavy atom. The van der Waals surface area contributed by atoms with Gasteiger partial charge in [0.25, 0.3) is 0 Å². The number of nitrogens with one attached hydrogen (secondary N) is 1. The van der Waals surface area contributed by atoms with Crippen LogP contribution >= 0.6 is 15.9 Å². The molecule has 0 bridgehead atoms. The number of benzene rings is 2. The van der Waals surface area contributed by atoms with Gasteiger partial charge in [0.1, 0.15) is 17.3 Å². The van der Waals surface area contributed by atoms with Crippen LogP contribution in [0.25, 0.3) is 0 Å². The Morgan fingerprint density at radius 3 is 2.48 bits per heavy atom. The van der Waals surface area contributed by atoms with Gasteiger partial charge in [0.05, 0.1) is 20.3 Å². The number of nitrogens with two attached hydrogens (primary N) is 1. The molecule has 6 heteroatoms. The van der Waals surface area contributed by atoms with Crippen LogP contribution in [0.5, 0.6) is 11.5 Å². The van der Waals surface area contributed by atoms with Gasteiger partial charge >= 0.3 is 0 Å². The van der Waals surface area contributed by atoms with Crippen LogP contribution in [-0.4, -0.2) is 14.2 Å². The summed E-state index contributed by atoms with van der Waals surface area (Å²) < 4.78 is 24.8. The maximum Gasteiger partial charge on any atom is 0.127 e. The molecule has 0 aliphatic heterocycles. The van der Waals surface area contributed by atoms with E-state index in [0.717, 1.165) is 10.0 Å². The van der Waals surface area contributed by atoms with Crippen LogP contribution in [0, 0.1) is 5.82 Å². The summed E-state index contributed by atoms with van der Waals surface area (Å²) >= 11 is 3.42. The molecular formula is C15H16BrFN2O2. The maximum atomic E-state index is 13.5. The van der Waals surface area contributed by atoms with Crippen molar-refractivity contribution in [2.75, 3.05) is 14.2 Å². The van der Waals surface area contributed by atoms with Crippen molar-refractivity contribution in [3.63, 3.8) is 0 Å². The number of hydrogen-bond acceptors (Lipinski definition) is 4. The van der Waals surface area contributed by atoms with Crippen molar-refractivity contribution in [1.29, 1.82) is 0 Å². The molecular weight excluding hydrogens is 339 g/mol. The van der Waals surface area contributed by atoms with Gasteiger partial charge in [0, 0.05) is 16.1 Å². The molecule has 0 aliphatic rings. The smallest absolute Gasteiger partial charge is 0.127 e. The third-order valence-corrected chi connectivity index (χ3v) is 3.91. The minimum absolute atomic E-state index is 0.332. The molecule has 2 rings (SSSR count). The van der Waals surface area contributed by atoms with E-state index < -0.39 is 6.04 Å². The van der Waals surface area contributed by atoms with E-state index in [4.69, 9.17) is 15.3 Å². The molecule has 0 aliphatic carbocycles. The van der Waals surface area contributed by atoms with Crippen LogP contribution in [0.4, 0.5) is 4.39 Å². The minimum atomic E-state index is -0.420. The molecule has 3 N–H and O–H groups in total. The van der Waals surface area contributed by atoms with Gasteiger partial charge < -0.3 is 9.47 Å².